The Balaban J connectivity index is 1.68. The number of cyclic esters (lactones) is 1. The first-order chi connectivity index (χ1) is 11.6. The molecule has 6 heteroatoms. The average Bonchev–Trinajstić information content (AvgIpc) is 2.59. The molecule has 0 radical (unpaired) electrons. The summed E-state index contributed by atoms with van der Waals surface area (Å²) >= 11 is 0. The molecule has 0 saturated carbocycles. The molecule has 5 nitrogen and oxygen atoms in total. The molecule has 24 heavy (non-hydrogen) atoms. The molecule has 0 fully saturated rings. The van der Waals surface area contributed by atoms with Gasteiger partial charge in [0.1, 0.15) is 18.2 Å². The van der Waals surface area contributed by atoms with Crippen molar-refractivity contribution < 1.29 is 28.2 Å². The number of fused-ring (bicyclic) bond motifs is 1. The average molecular weight is 330 g/mol. The molecule has 0 aromatic heterocycles. The number of carbonyl (C=O) groups excluding carboxylic acids is 2. The molecule has 2 aromatic rings. The van der Waals surface area contributed by atoms with E-state index in [4.69, 9.17) is 14.2 Å². The Morgan fingerprint density at radius 2 is 2.08 bits per heavy atom. The van der Waals surface area contributed by atoms with Gasteiger partial charge in [-0.1, -0.05) is 18.2 Å². The lowest BCUT2D eigenvalue weighted by atomic mass is 9.99. The van der Waals surface area contributed by atoms with Gasteiger partial charge in [0.25, 0.3) is 0 Å². The molecule has 0 amide bonds. The minimum absolute atomic E-state index is 0.171. The summed E-state index contributed by atoms with van der Waals surface area (Å²) in [5.41, 5.74) is 1.58. The largest absolute Gasteiger partial charge is 0.496 e. The second-order valence-corrected chi connectivity index (χ2v) is 5.32. The Bertz CT molecular complexity index is 787. The lowest BCUT2D eigenvalue weighted by Crippen LogP contribution is -2.35. The first-order valence-corrected chi connectivity index (χ1v) is 7.36. The van der Waals surface area contributed by atoms with Crippen LogP contribution in [-0.2, 0) is 27.3 Å². The molecule has 124 valence electrons. The highest BCUT2D eigenvalue weighted by molar-refractivity contribution is 5.94. The predicted octanol–water partition coefficient (Wildman–Crippen LogP) is 2.66. The van der Waals surface area contributed by atoms with Crippen LogP contribution in [0.4, 0.5) is 4.39 Å². The smallest absolute Gasteiger partial charge is 0.348 e. The SMILES string of the molecule is COc1ccc(F)cc1COC(=O)C1Cc2ccccc2C(=O)O1. The van der Waals surface area contributed by atoms with E-state index in [9.17, 15) is 14.0 Å². The van der Waals surface area contributed by atoms with Gasteiger partial charge >= 0.3 is 11.9 Å². The Kier molecular flexibility index (Phi) is 4.46. The van der Waals surface area contributed by atoms with Crippen molar-refractivity contribution in [2.24, 2.45) is 0 Å². The summed E-state index contributed by atoms with van der Waals surface area (Å²) in [6.07, 6.45) is -0.756. The van der Waals surface area contributed by atoms with E-state index in [1.165, 1.54) is 25.3 Å². The lowest BCUT2D eigenvalue weighted by Gasteiger charge is -2.23. The van der Waals surface area contributed by atoms with E-state index in [1.54, 1.807) is 24.3 Å². The molecule has 1 heterocycles. The minimum Gasteiger partial charge on any atom is -0.496 e. The van der Waals surface area contributed by atoms with Gasteiger partial charge in [0.15, 0.2) is 0 Å². The highest BCUT2D eigenvalue weighted by Crippen LogP contribution is 2.23. The summed E-state index contributed by atoms with van der Waals surface area (Å²) in [7, 11) is 1.44. The van der Waals surface area contributed by atoms with E-state index in [-0.39, 0.29) is 13.0 Å². The van der Waals surface area contributed by atoms with Crippen molar-refractivity contribution in [2.75, 3.05) is 7.11 Å². The normalized spacial score (nSPS) is 16.1. The zero-order chi connectivity index (χ0) is 17.1. The van der Waals surface area contributed by atoms with Crippen LogP contribution in [0.2, 0.25) is 0 Å². The highest BCUT2D eigenvalue weighted by atomic mass is 19.1. The van der Waals surface area contributed by atoms with Gasteiger partial charge < -0.3 is 14.2 Å². The maximum absolute atomic E-state index is 13.3. The molecule has 1 unspecified atom stereocenters. The van der Waals surface area contributed by atoms with Crippen LogP contribution in [0.15, 0.2) is 42.5 Å². The number of halogens is 1. The summed E-state index contributed by atoms with van der Waals surface area (Å²) in [5.74, 6) is -1.28. The quantitative estimate of drug-likeness (QED) is 0.807. The van der Waals surface area contributed by atoms with Crippen molar-refractivity contribution in [1.29, 1.82) is 0 Å². The van der Waals surface area contributed by atoms with Crippen molar-refractivity contribution in [2.45, 2.75) is 19.1 Å². The van der Waals surface area contributed by atoms with Crippen LogP contribution < -0.4 is 4.74 Å². The van der Waals surface area contributed by atoms with Crippen LogP contribution in [0, 0.1) is 5.82 Å². The van der Waals surface area contributed by atoms with E-state index in [0.29, 0.717) is 16.9 Å². The van der Waals surface area contributed by atoms with Gasteiger partial charge in [0.2, 0.25) is 6.10 Å². The standard InChI is InChI=1S/C18H15FO5/c1-22-15-7-6-13(19)8-12(15)10-23-18(21)16-9-11-4-2-3-5-14(11)17(20)24-16/h2-8,16H,9-10H2,1H3. The Hall–Kier alpha value is -2.89. The van der Waals surface area contributed by atoms with Gasteiger partial charge in [-0.15, -0.1) is 0 Å². The van der Waals surface area contributed by atoms with Crippen molar-refractivity contribution in [3.63, 3.8) is 0 Å². The van der Waals surface area contributed by atoms with Crippen LogP contribution in [0.25, 0.3) is 0 Å². The van der Waals surface area contributed by atoms with E-state index >= 15 is 0 Å². The summed E-state index contributed by atoms with van der Waals surface area (Å²) in [4.78, 5) is 24.1. The molecule has 0 saturated heterocycles. The molecule has 3 rings (SSSR count). The second-order valence-electron chi connectivity index (χ2n) is 5.32. The van der Waals surface area contributed by atoms with Gasteiger partial charge in [0.05, 0.1) is 12.7 Å². The van der Waals surface area contributed by atoms with Crippen molar-refractivity contribution in [3.8, 4) is 5.75 Å². The molecular formula is C18H15FO5. The maximum atomic E-state index is 13.3. The first kappa shape index (κ1) is 16.0. The first-order valence-electron chi connectivity index (χ1n) is 7.36. The van der Waals surface area contributed by atoms with E-state index in [0.717, 1.165) is 5.56 Å². The number of hydrogen-bond acceptors (Lipinski definition) is 5. The lowest BCUT2D eigenvalue weighted by molar-refractivity contribution is -0.155. The molecule has 2 aromatic carbocycles. The number of methoxy groups -OCH3 is 1. The molecule has 0 N–H and O–H groups in total. The Labute approximate surface area is 138 Å². The number of ether oxygens (including phenoxy) is 3. The highest BCUT2D eigenvalue weighted by Gasteiger charge is 2.32. The monoisotopic (exact) mass is 330 g/mol. The summed E-state index contributed by atoms with van der Waals surface area (Å²) in [6.45, 7) is -0.171. The maximum Gasteiger partial charge on any atom is 0.348 e. The molecular weight excluding hydrogens is 315 g/mol. The van der Waals surface area contributed by atoms with E-state index < -0.39 is 23.9 Å². The van der Waals surface area contributed by atoms with Gasteiger partial charge in [-0.05, 0) is 29.8 Å². The van der Waals surface area contributed by atoms with Gasteiger partial charge in [-0.3, -0.25) is 0 Å². The number of hydrogen-bond donors (Lipinski definition) is 0. The number of carbonyl (C=O) groups is 2. The van der Waals surface area contributed by atoms with Gasteiger partial charge in [-0.25, -0.2) is 14.0 Å². The minimum atomic E-state index is -1.01. The Morgan fingerprint density at radius 3 is 2.88 bits per heavy atom. The molecule has 1 atom stereocenters. The zero-order valence-corrected chi connectivity index (χ0v) is 13.0. The molecule has 0 spiro atoms. The molecule has 1 aliphatic heterocycles. The van der Waals surface area contributed by atoms with E-state index in [2.05, 4.69) is 0 Å². The van der Waals surface area contributed by atoms with E-state index in [1.807, 2.05) is 0 Å². The third kappa shape index (κ3) is 3.22. The van der Waals surface area contributed by atoms with Crippen LogP contribution in [0.3, 0.4) is 0 Å². The van der Waals surface area contributed by atoms with Crippen molar-refractivity contribution in [3.05, 3.63) is 65.0 Å². The molecule has 0 bridgehead atoms. The van der Waals surface area contributed by atoms with Crippen molar-refractivity contribution >= 4 is 11.9 Å². The second kappa shape index (κ2) is 6.70. The summed E-state index contributed by atoms with van der Waals surface area (Å²) in [6, 6.07) is 10.9. The van der Waals surface area contributed by atoms with Gasteiger partial charge in [0, 0.05) is 12.0 Å². The Morgan fingerprint density at radius 1 is 1.29 bits per heavy atom. The fourth-order valence-electron chi connectivity index (χ4n) is 2.56. The zero-order valence-electron chi connectivity index (χ0n) is 13.0. The number of rotatable bonds is 4. The van der Waals surface area contributed by atoms with Gasteiger partial charge in [-0.2, -0.15) is 0 Å². The fourth-order valence-corrected chi connectivity index (χ4v) is 2.56. The predicted molar refractivity (Wildman–Crippen MR) is 82.1 cm³/mol. The van der Waals surface area contributed by atoms with Crippen molar-refractivity contribution in [1.82, 2.24) is 0 Å². The summed E-state index contributed by atoms with van der Waals surface area (Å²) < 4.78 is 28.7. The third-order valence-corrected chi connectivity index (χ3v) is 3.77. The van der Waals surface area contributed by atoms with Crippen LogP contribution >= 0.6 is 0 Å². The third-order valence-electron chi connectivity index (χ3n) is 3.77. The number of esters is 2. The van der Waals surface area contributed by atoms with Crippen LogP contribution in [-0.4, -0.2) is 25.2 Å². The van der Waals surface area contributed by atoms with Crippen LogP contribution in [0.5, 0.6) is 5.75 Å². The fraction of sp³-hybridized carbons (Fsp3) is 0.222. The number of benzene rings is 2. The molecule has 1 aliphatic rings. The summed E-state index contributed by atoms with van der Waals surface area (Å²) in [5, 5.41) is 0. The molecule has 0 aliphatic carbocycles. The van der Waals surface area contributed by atoms with Crippen LogP contribution in [0.1, 0.15) is 21.5 Å². The topological polar surface area (TPSA) is 61.8 Å².